The maximum absolute atomic E-state index is 13.0. The monoisotopic (exact) mass is 462 g/mol. The molecule has 1 atom stereocenters. The van der Waals surface area contributed by atoms with Gasteiger partial charge in [0.1, 0.15) is 6.33 Å². The number of β-amino-alcohol motifs (C(OH)–C–C–N with tert-alkyl or cyclic N) is 1. The van der Waals surface area contributed by atoms with Crippen LogP contribution >= 0.6 is 0 Å². The van der Waals surface area contributed by atoms with E-state index in [0.29, 0.717) is 55.4 Å². The third-order valence-corrected chi connectivity index (χ3v) is 7.03. The first-order valence-corrected chi connectivity index (χ1v) is 11.6. The van der Waals surface area contributed by atoms with E-state index in [1.807, 2.05) is 28.8 Å². The Morgan fingerprint density at radius 3 is 2.68 bits per heavy atom. The molecule has 1 amide bonds. The quantitative estimate of drug-likeness (QED) is 0.466. The van der Waals surface area contributed by atoms with Crippen molar-refractivity contribution in [3.63, 3.8) is 0 Å². The van der Waals surface area contributed by atoms with Crippen molar-refractivity contribution in [2.45, 2.75) is 31.4 Å². The molecular weight excluding hydrogens is 436 g/mol. The van der Waals surface area contributed by atoms with Crippen molar-refractivity contribution < 1.29 is 9.90 Å². The molecule has 176 valence electrons. The van der Waals surface area contributed by atoms with Gasteiger partial charge in [-0.05, 0) is 31.4 Å². The highest BCUT2D eigenvalue weighted by molar-refractivity contribution is 5.96. The topological polar surface area (TPSA) is 125 Å². The maximum atomic E-state index is 13.0. The van der Waals surface area contributed by atoms with E-state index in [-0.39, 0.29) is 17.6 Å². The first-order valence-electron chi connectivity index (χ1n) is 11.6. The van der Waals surface area contributed by atoms with Gasteiger partial charge in [0.25, 0.3) is 5.91 Å². The SMILES string of the molecule is Cn1c(C(=O)N2CCC(O)C2)nc2c(N3CCC(n4c(=O)[nH]c5ccccc54)CC3)ncnc21. The fraction of sp³-hybridized carbons (Fsp3) is 0.435. The van der Waals surface area contributed by atoms with E-state index in [0.717, 1.165) is 23.9 Å². The number of benzene rings is 1. The number of carbonyl (C=O) groups excluding carboxylic acids is 1. The summed E-state index contributed by atoms with van der Waals surface area (Å²) in [5.41, 5.74) is 2.89. The summed E-state index contributed by atoms with van der Waals surface area (Å²) in [5, 5.41) is 9.81. The van der Waals surface area contributed by atoms with Crippen molar-refractivity contribution in [2.24, 2.45) is 7.05 Å². The Hall–Kier alpha value is -3.73. The van der Waals surface area contributed by atoms with Crippen molar-refractivity contribution in [2.75, 3.05) is 31.1 Å². The van der Waals surface area contributed by atoms with Crippen LogP contribution in [0.25, 0.3) is 22.2 Å². The average Bonchev–Trinajstić information content (AvgIpc) is 3.53. The summed E-state index contributed by atoms with van der Waals surface area (Å²) in [4.78, 5) is 45.9. The number of anilines is 1. The van der Waals surface area contributed by atoms with Crippen molar-refractivity contribution >= 4 is 33.9 Å². The lowest BCUT2D eigenvalue weighted by Gasteiger charge is -2.33. The van der Waals surface area contributed by atoms with Gasteiger partial charge in [0, 0.05) is 39.3 Å². The van der Waals surface area contributed by atoms with E-state index in [1.54, 1.807) is 16.5 Å². The molecule has 1 aromatic carbocycles. The van der Waals surface area contributed by atoms with Crippen molar-refractivity contribution in [3.8, 4) is 0 Å². The molecule has 2 aliphatic rings. The number of likely N-dealkylation sites (tertiary alicyclic amines) is 1. The number of aryl methyl sites for hydroxylation is 1. The van der Waals surface area contributed by atoms with Crippen molar-refractivity contribution in [1.82, 2.24) is 34.0 Å². The number of rotatable bonds is 3. The molecule has 4 aromatic rings. The van der Waals surface area contributed by atoms with Gasteiger partial charge in [-0.15, -0.1) is 0 Å². The van der Waals surface area contributed by atoms with Gasteiger partial charge in [-0.3, -0.25) is 9.36 Å². The molecule has 2 fully saturated rings. The van der Waals surface area contributed by atoms with E-state index in [2.05, 4.69) is 24.8 Å². The van der Waals surface area contributed by atoms with E-state index >= 15 is 0 Å². The summed E-state index contributed by atoms with van der Waals surface area (Å²) in [6.07, 6.45) is 3.17. The number of aliphatic hydroxyl groups excluding tert-OH is 1. The number of aliphatic hydroxyl groups is 1. The molecule has 34 heavy (non-hydrogen) atoms. The van der Waals surface area contributed by atoms with Crippen LogP contribution in [0.1, 0.15) is 35.9 Å². The van der Waals surface area contributed by atoms with Crippen molar-refractivity contribution in [3.05, 3.63) is 46.9 Å². The maximum Gasteiger partial charge on any atom is 0.326 e. The number of fused-ring (bicyclic) bond motifs is 2. The van der Waals surface area contributed by atoms with Crippen LogP contribution in [0.4, 0.5) is 5.82 Å². The Bertz CT molecular complexity index is 1450. The molecule has 0 spiro atoms. The molecule has 2 aliphatic heterocycles. The second-order valence-corrected chi connectivity index (χ2v) is 9.09. The molecule has 0 aliphatic carbocycles. The predicted molar refractivity (Wildman–Crippen MR) is 126 cm³/mol. The number of carbonyl (C=O) groups is 1. The molecule has 11 heteroatoms. The fourth-order valence-electron chi connectivity index (χ4n) is 5.25. The van der Waals surface area contributed by atoms with Gasteiger partial charge in [-0.2, -0.15) is 0 Å². The molecular formula is C23H26N8O3. The number of aromatic amines is 1. The van der Waals surface area contributed by atoms with Gasteiger partial charge in [0.05, 0.1) is 17.1 Å². The van der Waals surface area contributed by atoms with E-state index < -0.39 is 6.10 Å². The number of piperidine rings is 1. The fourth-order valence-corrected chi connectivity index (χ4v) is 5.25. The van der Waals surface area contributed by atoms with Crippen LogP contribution in [0, 0.1) is 0 Å². The summed E-state index contributed by atoms with van der Waals surface area (Å²) in [5.74, 6) is 0.789. The molecule has 2 N–H and O–H groups in total. The normalized spacial score (nSPS) is 19.5. The Morgan fingerprint density at radius 2 is 1.91 bits per heavy atom. The van der Waals surface area contributed by atoms with Gasteiger partial charge in [0.15, 0.2) is 17.0 Å². The van der Waals surface area contributed by atoms with Crippen LogP contribution in [0.15, 0.2) is 35.4 Å². The average molecular weight is 463 g/mol. The van der Waals surface area contributed by atoms with Gasteiger partial charge in [0.2, 0.25) is 5.82 Å². The third kappa shape index (κ3) is 3.26. The molecule has 0 radical (unpaired) electrons. The van der Waals surface area contributed by atoms with Gasteiger partial charge >= 0.3 is 5.69 Å². The van der Waals surface area contributed by atoms with Crippen LogP contribution in [0.2, 0.25) is 0 Å². The number of hydrogen-bond donors (Lipinski definition) is 2. The highest BCUT2D eigenvalue weighted by Crippen LogP contribution is 2.30. The standard InChI is InChI=1S/C23H26N8O3/c1-28-19-18(27-21(28)22(33)30-11-8-15(32)12-30)20(25-13-24-19)29-9-6-14(7-10-29)31-17-5-3-2-4-16(17)26-23(31)34/h2-5,13-15,32H,6-12H2,1H3,(H,26,34). The smallest absolute Gasteiger partial charge is 0.326 e. The number of hydrogen-bond acceptors (Lipinski definition) is 7. The number of imidazole rings is 2. The number of amides is 1. The zero-order chi connectivity index (χ0) is 23.4. The third-order valence-electron chi connectivity index (χ3n) is 7.03. The highest BCUT2D eigenvalue weighted by Gasteiger charge is 2.31. The number of para-hydroxylation sites is 2. The van der Waals surface area contributed by atoms with Crippen LogP contribution in [0.5, 0.6) is 0 Å². The molecule has 3 aromatic heterocycles. The Labute approximate surface area is 194 Å². The van der Waals surface area contributed by atoms with Gasteiger partial charge < -0.3 is 24.5 Å². The van der Waals surface area contributed by atoms with E-state index in [4.69, 9.17) is 0 Å². The van der Waals surface area contributed by atoms with E-state index in [1.165, 1.54) is 6.33 Å². The second kappa shape index (κ2) is 7.94. The van der Waals surface area contributed by atoms with Crippen LogP contribution < -0.4 is 10.6 Å². The highest BCUT2D eigenvalue weighted by atomic mass is 16.3. The summed E-state index contributed by atoms with van der Waals surface area (Å²) in [7, 11) is 1.78. The minimum absolute atomic E-state index is 0.0796. The summed E-state index contributed by atoms with van der Waals surface area (Å²) in [6, 6.07) is 7.85. The minimum atomic E-state index is -0.486. The van der Waals surface area contributed by atoms with Gasteiger partial charge in [-0.1, -0.05) is 12.1 Å². The predicted octanol–water partition coefficient (Wildman–Crippen LogP) is 1.05. The van der Waals surface area contributed by atoms with Crippen LogP contribution in [-0.4, -0.2) is 77.3 Å². The molecule has 0 saturated carbocycles. The number of nitrogens with zero attached hydrogens (tertiary/aromatic N) is 7. The first kappa shape index (κ1) is 20.8. The molecule has 0 bridgehead atoms. The number of H-pyrrole nitrogens is 1. The van der Waals surface area contributed by atoms with Crippen LogP contribution in [-0.2, 0) is 7.05 Å². The Kier molecular flexibility index (Phi) is 4.87. The molecule has 2 saturated heterocycles. The van der Waals surface area contributed by atoms with E-state index in [9.17, 15) is 14.7 Å². The summed E-state index contributed by atoms with van der Waals surface area (Å²) < 4.78 is 3.57. The molecule has 1 unspecified atom stereocenters. The molecule has 5 heterocycles. The van der Waals surface area contributed by atoms with Gasteiger partial charge in [-0.25, -0.2) is 19.7 Å². The lowest BCUT2D eigenvalue weighted by atomic mass is 10.0. The number of aromatic nitrogens is 6. The summed E-state index contributed by atoms with van der Waals surface area (Å²) in [6.45, 7) is 2.26. The largest absolute Gasteiger partial charge is 0.391 e. The zero-order valence-corrected chi connectivity index (χ0v) is 18.9. The zero-order valence-electron chi connectivity index (χ0n) is 18.9. The molecule has 11 nitrogen and oxygen atoms in total. The Balaban J connectivity index is 1.27. The Morgan fingerprint density at radius 1 is 1.12 bits per heavy atom. The van der Waals surface area contributed by atoms with Crippen LogP contribution in [0.3, 0.4) is 0 Å². The minimum Gasteiger partial charge on any atom is -0.391 e. The molecule has 6 rings (SSSR count). The number of nitrogens with one attached hydrogen (secondary N) is 1. The lowest BCUT2D eigenvalue weighted by Crippen LogP contribution is -2.37. The second-order valence-electron chi connectivity index (χ2n) is 9.09. The first-order chi connectivity index (χ1) is 16.5. The van der Waals surface area contributed by atoms with Crippen molar-refractivity contribution in [1.29, 1.82) is 0 Å². The lowest BCUT2D eigenvalue weighted by molar-refractivity contribution is 0.0750. The summed E-state index contributed by atoms with van der Waals surface area (Å²) >= 11 is 0.